The van der Waals surface area contributed by atoms with Gasteiger partial charge in [-0.2, -0.15) is 0 Å². The molecule has 0 bridgehead atoms. The average Bonchev–Trinajstić information content (AvgIpc) is 3.40. The zero-order valence-corrected chi connectivity index (χ0v) is 26.7. The van der Waals surface area contributed by atoms with Crippen molar-refractivity contribution in [1.29, 1.82) is 0 Å². The van der Waals surface area contributed by atoms with Crippen molar-refractivity contribution < 1.29 is 5.11 Å². The first-order valence-electron chi connectivity index (χ1n) is 13.7. The minimum Gasteiger partial charge on any atom is -0.385 e. The highest BCUT2D eigenvalue weighted by Gasteiger charge is 2.40. The van der Waals surface area contributed by atoms with Crippen LogP contribution in [-0.2, 0) is 5.41 Å². The molecule has 2 unspecified atom stereocenters. The number of nitrogens with one attached hydrogen (secondary N) is 2. The number of H-pyrrole nitrogens is 1. The van der Waals surface area contributed by atoms with Crippen LogP contribution in [0.15, 0.2) is 84.9 Å². The van der Waals surface area contributed by atoms with Crippen molar-refractivity contribution in [1.82, 2.24) is 20.2 Å². The van der Waals surface area contributed by atoms with E-state index in [1.54, 1.807) is 0 Å². The van der Waals surface area contributed by atoms with E-state index in [0.29, 0.717) is 0 Å². The molecule has 0 saturated carbocycles. The molecule has 1 aromatic heterocycles. The fourth-order valence-corrected chi connectivity index (χ4v) is 5.67. The molecule has 0 radical (unpaired) electrons. The summed E-state index contributed by atoms with van der Waals surface area (Å²) in [5.74, 6) is 0.795. The second-order valence-corrected chi connectivity index (χ2v) is 11.5. The van der Waals surface area contributed by atoms with E-state index in [-0.39, 0.29) is 54.6 Å². The van der Waals surface area contributed by atoms with Crippen LogP contribution in [0.5, 0.6) is 0 Å². The van der Waals surface area contributed by atoms with Gasteiger partial charge in [-0.25, -0.2) is 4.98 Å². The van der Waals surface area contributed by atoms with Crippen LogP contribution in [0.4, 0.5) is 0 Å². The van der Waals surface area contributed by atoms with Crippen LogP contribution in [0.25, 0.3) is 11.4 Å². The molecule has 5 rings (SSSR count). The highest BCUT2D eigenvalue weighted by atomic mass is 35.5. The normalized spacial score (nSPS) is 15.3. The smallest absolute Gasteiger partial charge is 0.137 e. The molecule has 2 heterocycles. The SMILES string of the molecule is Cc1ccc(-c2nc(C(C)(C)C)c(C(O)C(C(c3ccccc3)c3ccccc3)N3CCNCC3)[nH]2)cc1.Cl.Cl.Cl. The van der Waals surface area contributed by atoms with Crippen molar-refractivity contribution in [3.63, 3.8) is 0 Å². The Morgan fingerprint density at radius 2 is 1.29 bits per heavy atom. The number of aromatic amines is 1. The molecule has 1 aliphatic heterocycles. The topological polar surface area (TPSA) is 64.2 Å². The van der Waals surface area contributed by atoms with E-state index in [4.69, 9.17) is 4.98 Å². The van der Waals surface area contributed by atoms with Crippen molar-refractivity contribution in [2.24, 2.45) is 0 Å². The van der Waals surface area contributed by atoms with E-state index < -0.39 is 6.10 Å². The Morgan fingerprint density at radius 3 is 1.78 bits per heavy atom. The van der Waals surface area contributed by atoms with E-state index in [9.17, 15) is 5.11 Å². The maximum atomic E-state index is 12.4. The van der Waals surface area contributed by atoms with Crippen LogP contribution in [0.3, 0.4) is 0 Å². The Hall–Kier alpha value is -2.38. The highest BCUT2D eigenvalue weighted by Crippen LogP contribution is 2.40. The molecule has 1 fully saturated rings. The Balaban J connectivity index is 0.00000196. The molecule has 8 heteroatoms. The van der Waals surface area contributed by atoms with Gasteiger partial charge in [0.05, 0.1) is 17.4 Å². The van der Waals surface area contributed by atoms with Gasteiger partial charge in [-0.15, -0.1) is 37.2 Å². The van der Waals surface area contributed by atoms with Crippen molar-refractivity contribution in [3.8, 4) is 11.4 Å². The fourth-order valence-electron chi connectivity index (χ4n) is 5.67. The highest BCUT2D eigenvalue weighted by molar-refractivity contribution is 5.86. The number of imidazole rings is 1. The number of aryl methyl sites for hydroxylation is 1. The van der Waals surface area contributed by atoms with E-state index in [1.165, 1.54) is 16.7 Å². The van der Waals surface area contributed by atoms with Crippen molar-refractivity contribution in [3.05, 3.63) is 113 Å². The van der Waals surface area contributed by atoms with Crippen LogP contribution in [0, 0.1) is 6.92 Å². The van der Waals surface area contributed by atoms with Crippen molar-refractivity contribution >= 4 is 37.2 Å². The van der Waals surface area contributed by atoms with Gasteiger partial charge >= 0.3 is 0 Å². The Bertz CT molecular complexity index is 1280. The molecular weight excluding hydrogens is 575 g/mol. The summed E-state index contributed by atoms with van der Waals surface area (Å²) in [5, 5.41) is 15.9. The van der Waals surface area contributed by atoms with Gasteiger partial charge in [0.25, 0.3) is 0 Å². The van der Waals surface area contributed by atoms with Crippen LogP contribution < -0.4 is 5.32 Å². The number of aromatic nitrogens is 2. The van der Waals surface area contributed by atoms with Gasteiger partial charge in [0.2, 0.25) is 0 Å². The molecule has 0 spiro atoms. The quantitative estimate of drug-likeness (QED) is 0.207. The molecular formula is C33H43Cl3N4O. The number of nitrogens with zero attached hydrogens (tertiary/aromatic N) is 2. The summed E-state index contributed by atoms with van der Waals surface area (Å²) in [6.07, 6.45) is -0.764. The Morgan fingerprint density at radius 1 is 0.780 bits per heavy atom. The fraction of sp³-hybridized carbons (Fsp3) is 0.364. The molecule has 3 aromatic carbocycles. The first-order chi connectivity index (χ1) is 18.3. The van der Waals surface area contributed by atoms with Gasteiger partial charge in [0.1, 0.15) is 11.9 Å². The molecule has 0 amide bonds. The Labute approximate surface area is 263 Å². The third-order valence-electron chi connectivity index (χ3n) is 7.62. The molecule has 2 atom stereocenters. The number of benzene rings is 3. The van der Waals surface area contributed by atoms with Crippen LogP contribution in [0.2, 0.25) is 0 Å². The largest absolute Gasteiger partial charge is 0.385 e. The van der Waals surface area contributed by atoms with Gasteiger partial charge in [0.15, 0.2) is 0 Å². The lowest BCUT2D eigenvalue weighted by Gasteiger charge is -2.42. The summed E-state index contributed by atoms with van der Waals surface area (Å²) in [6, 6.07) is 29.5. The summed E-state index contributed by atoms with van der Waals surface area (Å²) >= 11 is 0. The predicted octanol–water partition coefficient (Wildman–Crippen LogP) is 7.09. The van der Waals surface area contributed by atoms with Crippen molar-refractivity contribution in [2.75, 3.05) is 26.2 Å². The van der Waals surface area contributed by atoms with Crippen LogP contribution in [-0.4, -0.2) is 52.2 Å². The second-order valence-electron chi connectivity index (χ2n) is 11.5. The lowest BCUT2D eigenvalue weighted by molar-refractivity contribution is 0.0288. The number of piperazine rings is 1. The zero-order valence-electron chi connectivity index (χ0n) is 24.2. The summed E-state index contributed by atoms with van der Waals surface area (Å²) in [4.78, 5) is 11.1. The molecule has 1 saturated heterocycles. The number of rotatable bonds is 7. The van der Waals surface area contributed by atoms with Crippen molar-refractivity contribution in [2.45, 2.75) is 51.2 Å². The molecule has 0 aliphatic carbocycles. The average molecular weight is 618 g/mol. The summed E-state index contributed by atoms with van der Waals surface area (Å²) in [6.45, 7) is 12.2. The Kier molecular flexibility index (Phi) is 12.9. The number of hydrogen-bond donors (Lipinski definition) is 3. The van der Waals surface area contributed by atoms with Gasteiger partial charge < -0.3 is 15.4 Å². The van der Waals surface area contributed by atoms with E-state index >= 15 is 0 Å². The van der Waals surface area contributed by atoms with E-state index in [1.807, 2.05) is 0 Å². The summed E-state index contributed by atoms with van der Waals surface area (Å²) < 4.78 is 0. The minimum absolute atomic E-state index is 0. The number of aliphatic hydroxyl groups excluding tert-OH is 1. The van der Waals surface area contributed by atoms with Crippen LogP contribution in [0.1, 0.15) is 60.9 Å². The lowest BCUT2D eigenvalue weighted by Crippen LogP contribution is -2.53. The predicted molar refractivity (Wildman–Crippen MR) is 177 cm³/mol. The van der Waals surface area contributed by atoms with Gasteiger partial charge in [-0.05, 0) is 18.1 Å². The number of hydrogen-bond acceptors (Lipinski definition) is 4. The third kappa shape index (κ3) is 7.92. The number of halogens is 3. The standard InChI is InChI=1S/C33H40N4O.3ClH/c1-23-15-17-26(18-16-23)32-35-28(31(36-32)33(2,3)4)30(38)29(37-21-19-34-20-22-37)27(24-11-7-5-8-12-24)25-13-9-6-10-14-25;;;/h5-18,27,29-30,34,38H,19-22H2,1-4H3,(H,35,36);3*1H. The molecule has 4 aromatic rings. The van der Waals surface area contributed by atoms with E-state index in [0.717, 1.165) is 49.0 Å². The maximum Gasteiger partial charge on any atom is 0.137 e. The molecule has 5 nitrogen and oxygen atoms in total. The summed E-state index contributed by atoms with van der Waals surface area (Å²) in [7, 11) is 0. The zero-order chi connectivity index (χ0) is 26.7. The van der Waals surface area contributed by atoms with Crippen LogP contribution >= 0.6 is 37.2 Å². The first-order valence-corrected chi connectivity index (χ1v) is 13.7. The number of aliphatic hydroxyl groups is 1. The van der Waals surface area contributed by atoms with Gasteiger partial charge in [-0.1, -0.05) is 111 Å². The lowest BCUT2D eigenvalue weighted by atomic mass is 9.79. The van der Waals surface area contributed by atoms with E-state index in [2.05, 4.69) is 128 Å². The van der Waals surface area contributed by atoms with Gasteiger partial charge in [-0.3, -0.25) is 4.90 Å². The van der Waals surface area contributed by atoms with Gasteiger partial charge in [0, 0.05) is 43.1 Å². The second kappa shape index (κ2) is 15.2. The minimum atomic E-state index is -0.764. The maximum absolute atomic E-state index is 12.4. The third-order valence-corrected chi connectivity index (χ3v) is 7.62. The monoisotopic (exact) mass is 616 g/mol. The first kappa shape index (κ1) is 34.8. The molecule has 41 heavy (non-hydrogen) atoms. The summed E-state index contributed by atoms with van der Waals surface area (Å²) in [5.41, 5.74) is 6.14. The molecule has 1 aliphatic rings. The molecule has 3 N–H and O–H groups in total. The molecule has 222 valence electrons.